The summed E-state index contributed by atoms with van der Waals surface area (Å²) in [5.41, 5.74) is 0.960. The first-order valence-corrected chi connectivity index (χ1v) is 8.96. The Labute approximate surface area is 155 Å². The van der Waals surface area contributed by atoms with Crippen LogP contribution in [0.15, 0.2) is 52.1 Å². The lowest BCUT2D eigenvalue weighted by Gasteiger charge is -2.08. The van der Waals surface area contributed by atoms with Gasteiger partial charge in [0.05, 0.1) is 5.25 Å². The molecule has 1 heterocycles. The number of hydrogen-bond acceptors (Lipinski definition) is 4. The molecule has 1 aromatic heterocycles. The van der Waals surface area contributed by atoms with Crippen LogP contribution in [0.1, 0.15) is 17.3 Å². The highest BCUT2D eigenvalue weighted by atomic mass is 79.9. The molecule has 0 amide bonds. The second-order valence-corrected chi connectivity index (χ2v) is 7.36. The van der Waals surface area contributed by atoms with Crippen molar-refractivity contribution < 1.29 is 13.6 Å². The molecule has 1 N–H and O–H groups in total. The maximum atomic E-state index is 13.3. The molecular formula is C17H12BrF2N3OS. The van der Waals surface area contributed by atoms with Gasteiger partial charge in [-0.2, -0.15) is 0 Å². The molecule has 0 aliphatic carbocycles. The van der Waals surface area contributed by atoms with Gasteiger partial charge in [0.15, 0.2) is 23.2 Å². The Kier molecular flexibility index (Phi) is 5.29. The third kappa shape index (κ3) is 3.96. The fourth-order valence-electron chi connectivity index (χ4n) is 2.17. The number of halogens is 3. The first-order valence-electron chi connectivity index (χ1n) is 7.29. The lowest BCUT2D eigenvalue weighted by molar-refractivity contribution is 0.0993. The number of aromatic nitrogens is 3. The fraction of sp³-hybridized carbons (Fsp3) is 0.118. The van der Waals surface area contributed by atoms with E-state index in [0.717, 1.165) is 33.9 Å². The number of carbonyl (C=O) groups is 1. The lowest BCUT2D eigenvalue weighted by atomic mass is 10.1. The van der Waals surface area contributed by atoms with E-state index >= 15 is 0 Å². The fourth-order valence-corrected chi connectivity index (χ4v) is 3.44. The van der Waals surface area contributed by atoms with Gasteiger partial charge in [0.2, 0.25) is 5.16 Å². The van der Waals surface area contributed by atoms with E-state index < -0.39 is 16.9 Å². The van der Waals surface area contributed by atoms with Crippen LogP contribution in [0.25, 0.3) is 11.4 Å². The van der Waals surface area contributed by atoms with E-state index in [4.69, 9.17) is 0 Å². The van der Waals surface area contributed by atoms with E-state index in [1.165, 1.54) is 6.07 Å². The summed E-state index contributed by atoms with van der Waals surface area (Å²) in [6, 6.07) is 10.7. The zero-order valence-electron chi connectivity index (χ0n) is 13.0. The molecular weight excluding hydrogens is 412 g/mol. The summed E-state index contributed by atoms with van der Waals surface area (Å²) in [7, 11) is 0. The molecule has 0 bridgehead atoms. The van der Waals surface area contributed by atoms with Crippen LogP contribution in [0.2, 0.25) is 0 Å². The number of aromatic amines is 1. The van der Waals surface area contributed by atoms with Crippen molar-refractivity contribution in [2.75, 3.05) is 0 Å². The first kappa shape index (κ1) is 17.8. The van der Waals surface area contributed by atoms with Crippen LogP contribution in [0.3, 0.4) is 0 Å². The highest BCUT2D eigenvalue weighted by Gasteiger charge is 2.20. The molecule has 128 valence electrons. The van der Waals surface area contributed by atoms with Crippen molar-refractivity contribution in [3.05, 3.63) is 64.1 Å². The number of thioether (sulfide) groups is 1. The van der Waals surface area contributed by atoms with Crippen molar-refractivity contribution in [2.45, 2.75) is 17.3 Å². The zero-order chi connectivity index (χ0) is 18.0. The third-order valence-electron chi connectivity index (χ3n) is 3.45. The molecule has 1 unspecified atom stereocenters. The van der Waals surface area contributed by atoms with Gasteiger partial charge in [0.25, 0.3) is 0 Å². The minimum absolute atomic E-state index is 0.112. The van der Waals surface area contributed by atoms with Crippen LogP contribution < -0.4 is 0 Å². The SMILES string of the molecule is CC(Sc1n[nH]c(-c2ccccc2Br)n1)C(=O)c1ccc(F)c(F)c1. The van der Waals surface area contributed by atoms with Crippen molar-refractivity contribution in [1.29, 1.82) is 0 Å². The van der Waals surface area contributed by atoms with E-state index in [2.05, 4.69) is 31.1 Å². The maximum Gasteiger partial charge on any atom is 0.209 e. The number of Topliss-reactive ketones (excluding diaryl/α,β-unsaturated/α-hetero) is 1. The molecule has 0 radical (unpaired) electrons. The van der Waals surface area contributed by atoms with Crippen molar-refractivity contribution in [2.24, 2.45) is 0 Å². The standard InChI is InChI=1S/C17H12BrF2N3OS/c1-9(15(24)10-6-7-13(19)14(20)8-10)25-17-21-16(22-23-17)11-4-2-3-5-12(11)18/h2-9H,1H3,(H,21,22,23). The Morgan fingerprint density at radius 3 is 2.68 bits per heavy atom. The van der Waals surface area contributed by atoms with Crippen LogP contribution in [0, 0.1) is 11.6 Å². The Hall–Kier alpha value is -2.06. The normalized spacial score (nSPS) is 12.2. The number of rotatable bonds is 5. The van der Waals surface area contributed by atoms with Crippen LogP contribution in [0.4, 0.5) is 8.78 Å². The van der Waals surface area contributed by atoms with E-state index in [1.807, 2.05) is 24.3 Å². The smallest absolute Gasteiger partial charge is 0.209 e. The number of nitrogens with zero attached hydrogens (tertiary/aromatic N) is 2. The van der Waals surface area contributed by atoms with E-state index in [1.54, 1.807) is 6.92 Å². The third-order valence-corrected chi connectivity index (χ3v) is 5.10. The summed E-state index contributed by atoms with van der Waals surface area (Å²) < 4.78 is 27.1. The van der Waals surface area contributed by atoms with Crippen LogP contribution in [-0.2, 0) is 0 Å². The predicted molar refractivity (Wildman–Crippen MR) is 95.5 cm³/mol. The highest BCUT2D eigenvalue weighted by molar-refractivity contribution is 9.10. The summed E-state index contributed by atoms with van der Waals surface area (Å²) in [6.45, 7) is 1.67. The Morgan fingerprint density at radius 1 is 1.20 bits per heavy atom. The summed E-state index contributed by atoms with van der Waals surface area (Å²) in [4.78, 5) is 16.7. The molecule has 0 saturated heterocycles. The lowest BCUT2D eigenvalue weighted by Crippen LogP contribution is -2.14. The van der Waals surface area contributed by atoms with Gasteiger partial charge in [-0.15, -0.1) is 5.10 Å². The highest BCUT2D eigenvalue weighted by Crippen LogP contribution is 2.28. The van der Waals surface area contributed by atoms with Crippen LogP contribution in [-0.4, -0.2) is 26.2 Å². The zero-order valence-corrected chi connectivity index (χ0v) is 15.4. The summed E-state index contributed by atoms with van der Waals surface area (Å²) in [5.74, 6) is -1.78. The molecule has 0 spiro atoms. The molecule has 25 heavy (non-hydrogen) atoms. The van der Waals surface area contributed by atoms with E-state index in [0.29, 0.717) is 11.0 Å². The van der Waals surface area contributed by atoms with Gasteiger partial charge < -0.3 is 0 Å². The first-order chi connectivity index (χ1) is 12.0. The molecule has 2 aromatic carbocycles. The number of H-pyrrole nitrogens is 1. The van der Waals surface area contributed by atoms with Crippen LogP contribution >= 0.6 is 27.7 Å². The quantitative estimate of drug-likeness (QED) is 0.469. The van der Waals surface area contributed by atoms with Crippen LogP contribution in [0.5, 0.6) is 0 Å². The molecule has 8 heteroatoms. The number of nitrogens with one attached hydrogen (secondary N) is 1. The van der Waals surface area contributed by atoms with Gasteiger partial charge in [0, 0.05) is 15.6 Å². The van der Waals surface area contributed by atoms with Gasteiger partial charge in [-0.05, 0) is 31.2 Å². The molecule has 0 aliphatic rings. The minimum atomic E-state index is -1.04. The summed E-state index contributed by atoms with van der Waals surface area (Å²) in [5, 5.41) is 6.78. The molecule has 0 fully saturated rings. The molecule has 4 nitrogen and oxygen atoms in total. The van der Waals surface area contributed by atoms with Gasteiger partial charge in [-0.1, -0.05) is 45.9 Å². The Balaban J connectivity index is 1.75. The van der Waals surface area contributed by atoms with Gasteiger partial charge in [-0.25, -0.2) is 13.8 Å². The second kappa shape index (κ2) is 7.45. The summed E-state index contributed by atoms with van der Waals surface area (Å²) in [6.07, 6.45) is 0. The van der Waals surface area contributed by atoms with E-state index in [-0.39, 0.29) is 11.3 Å². The monoisotopic (exact) mass is 423 g/mol. The average molecular weight is 424 g/mol. The largest absolute Gasteiger partial charge is 0.293 e. The van der Waals surface area contributed by atoms with Crippen molar-refractivity contribution in [1.82, 2.24) is 15.2 Å². The molecule has 0 aliphatic heterocycles. The molecule has 3 aromatic rings. The Bertz CT molecular complexity index is 932. The van der Waals surface area contributed by atoms with Gasteiger partial charge in [0.1, 0.15) is 0 Å². The van der Waals surface area contributed by atoms with Crippen molar-refractivity contribution in [3.63, 3.8) is 0 Å². The van der Waals surface area contributed by atoms with E-state index in [9.17, 15) is 13.6 Å². The molecule has 3 rings (SSSR count). The minimum Gasteiger partial charge on any atom is -0.293 e. The number of carbonyl (C=O) groups excluding carboxylic acids is 1. The van der Waals surface area contributed by atoms with Gasteiger partial charge >= 0.3 is 0 Å². The number of benzene rings is 2. The van der Waals surface area contributed by atoms with Crippen molar-refractivity contribution in [3.8, 4) is 11.4 Å². The molecule has 1 atom stereocenters. The van der Waals surface area contributed by atoms with Gasteiger partial charge in [-0.3, -0.25) is 9.89 Å². The summed E-state index contributed by atoms with van der Waals surface area (Å²) >= 11 is 4.59. The average Bonchev–Trinajstić information content (AvgIpc) is 3.05. The predicted octanol–water partition coefficient (Wildman–Crippen LogP) is 4.88. The number of hydrogen-bond donors (Lipinski definition) is 1. The molecule has 0 saturated carbocycles. The van der Waals surface area contributed by atoms with Crippen molar-refractivity contribution >= 4 is 33.5 Å². The topological polar surface area (TPSA) is 58.6 Å². The Morgan fingerprint density at radius 2 is 1.96 bits per heavy atom. The maximum absolute atomic E-state index is 13.3. The second-order valence-electron chi connectivity index (χ2n) is 5.20. The number of ketones is 1.